The Morgan fingerprint density at radius 1 is 1.33 bits per heavy atom. The minimum atomic E-state index is 0.214. The molecule has 1 atom stereocenters. The molecule has 1 aromatic rings. The Labute approximate surface area is 142 Å². The van der Waals surface area contributed by atoms with Gasteiger partial charge < -0.3 is 5.32 Å². The Hall–Kier alpha value is 0.1000. The summed E-state index contributed by atoms with van der Waals surface area (Å²) in [4.78, 5) is 4.17. The van der Waals surface area contributed by atoms with Crippen LogP contribution in [-0.2, 0) is 6.42 Å². The molecule has 0 bridgehead atoms. The van der Waals surface area contributed by atoms with Crippen molar-refractivity contribution < 1.29 is 0 Å². The molecule has 1 fully saturated rings. The van der Waals surface area contributed by atoms with E-state index in [-0.39, 0.29) is 5.54 Å². The maximum atomic E-state index is 3.81. The van der Waals surface area contributed by atoms with Crippen molar-refractivity contribution in [1.29, 1.82) is 0 Å². The molecule has 1 saturated heterocycles. The van der Waals surface area contributed by atoms with Crippen molar-refractivity contribution in [2.45, 2.75) is 64.5 Å². The van der Waals surface area contributed by atoms with Gasteiger partial charge in [-0.25, -0.2) is 0 Å². The minimum absolute atomic E-state index is 0.214. The van der Waals surface area contributed by atoms with Gasteiger partial charge in [-0.3, -0.25) is 4.90 Å². The number of thiophene rings is 1. The fraction of sp³-hybridized carbons (Fsp3) is 0.765. The van der Waals surface area contributed by atoms with E-state index in [1.165, 1.54) is 48.1 Å². The molecule has 0 radical (unpaired) electrons. The first-order chi connectivity index (χ1) is 10.0. The summed E-state index contributed by atoms with van der Waals surface area (Å²) in [6.07, 6.45) is 6.43. The normalized spacial score (nSPS) is 18.9. The van der Waals surface area contributed by atoms with Crippen LogP contribution in [0.1, 0.15) is 51.3 Å². The number of rotatable bonds is 7. The number of hydrogen-bond acceptors (Lipinski definition) is 3. The molecular formula is C17H29BrN2S. The van der Waals surface area contributed by atoms with Gasteiger partial charge in [0.1, 0.15) is 0 Å². The lowest BCUT2D eigenvalue weighted by Crippen LogP contribution is -2.59. The highest BCUT2D eigenvalue weighted by Gasteiger charge is 2.35. The summed E-state index contributed by atoms with van der Waals surface area (Å²) in [5.41, 5.74) is 0.214. The molecule has 1 aliphatic heterocycles. The van der Waals surface area contributed by atoms with E-state index in [9.17, 15) is 0 Å². The highest BCUT2D eigenvalue weighted by Crippen LogP contribution is 2.28. The van der Waals surface area contributed by atoms with Gasteiger partial charge in [0, 0.05) is 26.3 Å². The fourth-order valence-corrected chi connectivity index (χ4v) is 4.74. The molecule has 2 rings (SSSR count). The van der Waals surface area contributed by atoms with Crippen LogP contribution >= 0.6 is 27.3 Å². The lowest BCUT2D eigenvalue weighted by atomic mass is 9.87. The van der Waals surface area contributed by atoms with Gasteiger partial charge >= 0.3 is 0 Å². The maximum Gasteiger partial charge on any atom is 0.0309 e. The second-order valence-corrected chi connectivity index (χ2v) is 8.55. The van der Waals surface area contributed by atoms with E-state index in [0.29, 0.717) is 6.04 Å². The van der Waals surface area contributed by atoms with Crippen molar-refractivity contribution in [3.8, 4) is 0 Å². The standard InChI is InChI=1S/C17H29BrN2S/c1-4-8-19-16(12-15-11-14(18)13-21-15)17(2,3)20-9-6-5-7-10-20/h11,13,16,19H,4-10,12H2,1-3H3. The predicted octanol–water partition coefficient (Wildman–Crippen LogP) is 4.69. The van der Waals surface area contributed by atoms with Crippen LogP contribution in [0.5, 0.6) is 0 Å². The van der Waals surface area contributed by atoms with E-state index >= 15 is 0 Å². The smallest absolute Gasteiger partial charge is 0.0309 e. The third-order valence-corrected chi connectivity index (χ3v) is 6.41. The molecule has 1 aliphatic rings. The first kappa shape index (κ1) is 17.5. The summed E-state index contributed by atoms with van der Waals surface area (Å²) in [7, 11) is 0. The van der Waals surface area contributed by atoms with Crippen molar-refractivity contribution in [3.05, 3.63) is 20.8 Å². The average molecular weight is 373 g/mol. The first-order valence-electron chi connectivity index (χ1n) is 8.25. The van der Waals surface area contributed by atoms with Gasteiger partial charge in [-0.1, -0.05) is 13.3 Å². The molecule has 1 aromatic heterocycles. The zero-order valence-corrected chi connectivity index (χ0v) is 16.0. The number of hydrogen-bond donors (Lipinski definition) is 1. The molecule has 0 amide bonds. The lowest BCUT2D eigenvalue weighted by molar-refractivity contribution is 0.0613. The Morgan fingerprint density at radius 2 is 2.05 bits per heavy atom. The number of nitrogens with one attached hydrogen (secondary N) is 1. The Balaban J connectivity index is 2.08. The molecule has 21 heavy (non-hydrogen) atoms. The summed E-state index contributed by atoms with van der Waals surface area (Å²) in [6, 6.07) is 2.79. The van der Waals surface area contributed by atoms with Gasteiger partial charge in [0.25, 0.3) is 0 Å². The third kappa shape index (κ3) is 4.78. The number of halogens is 1. The van der Waals surface area contributed by atoms with Crippen LogP contribution < -0.4 is 5.32 Å². The van der Waals surface area contributed by atoms with Gasteiger partial charge in [0.15, 0.2) is 0 Å². The van der Waals surface area contributed by atoms with E-state index in [2.05, 4.69) is 58.4 Å². The summed E-state index contributed by atoms with van der Waals surface area (Å²) >= 11 is 5.45. The quantitative estimate of drug-likeness (QED) is 0.746. The molecule has 1 N–H and O–H groups in total. The predicted molar refractivity (Wildman–Crippen MR) is 97.3 cm³/mol. The molecule has 2 nitrogen and oxygen atoms in total. The molecule has 2 heterocycles. The molecule has 4 heteroatoms. The van der Waals surface area contributed by atoms with E-state index in [1.54, 1.807) is 0 Å². The molecule has 0 saturated carbocycles. The van der Waals surface area contributed by atoms with Crippen LogP contribution in [0.3, 0.4) is 0 Å². The molecule has 0 spiro atoms. The summed E-state index contributed by atoms with van der Waals surface area (Å²) in [6.45, 7) is 10.7. The van der Waals surface area contributed by atoms with Crippen molar-refractivity contribution in [1.82, 2.24) is 10.2 Å². The first-order valence-corrected chi connectivity index (χ1v) is 9.92. The van der Waals surface area contributed by atoms with Crippen LogP contribution in [0, 0.1) is 0 Å². The van der Waals surface area contributed by atoms with Crippen LogP contribution in [0.15, 0.2) is 15.9 Å². The van der Waals surface area contributed by atoms with Gasteiger partial charge in [0.05, 0.1) is 0 Å². The van der Waals surface area contributed by atoms with Gasteiger partial charge in [-0.15, -0.1) is 11.3 Å². The molecular weight excluding hydrogens is 344 g/mol. The van der Waals surface area contributed by atoms with Crippen molar-refractivity contribution >= 4 is 27.3 Å². The Kier molecular flexibility index (Phi) is 6.73. The van der Waals surface area contributed by atoms with Crippen LogP contribution in [-0.4, -0.2) is 36.1 Å². The minimum Gasteiger partial charge on any atom is -0.312 e. The molecule has 120 valence electrons. The average Bonchev–Trinajstić information content (AvgIpc) is 2.89. The SMILES string of the molecule is CCCNC(Cc1cc(Br)cs1)C(C)(C)N1CCCCC1. The maximum absolute atomic E-state index is 3.81. The van der Waals surface area contributed by atoms with Gasteiger partial charge in [-0.2, -0.15) is 0 Å². The Morgan fingerprint density at radius 3 is 2.62 bits per heavy atom. The van der Waals surface area contributed by atoms with E-state index in [0.717, 1.165) is 13.0 Å². The van der Waals surface area contributed by atoms with Crippen molar-refractivity contribution in [3.63, 3.8) is 0 Å². The van der Waals surface area contributed by atoms with Gasteiger partial charge in [-0.05, 0) is 81.2 Å². The number of likely N-dealkylation sites (tertiary alicyclic amines) is 1. The second-order valence-electron chi connectivity index (χ2n) is 6.64. The highest BCUT2D eigenvalue weighted by atomic mass is 79.9. The molecule has 0 aromatic carbocycles. The Bertz CT molecular complexity index is 424. The monoisotopic (exact) mass is 372 g/mol. The number of nitrogens with zero attached hydrogens (tertiary/aromatic N) is 1. The van der Waals surface area contributed by atoms with Crippen molar-refractivity contribution in [2.75, 3.05) is 19.6 Å². The zero-order chi connectivity index (χ0) is 15.3. The largest absolute Gasteiger partial charge is 0.312 e. The van der Waals surface area contributed by atoms with Crippen LogP contribution in [0.2, 0.25) is 0 Å². The molecule has 1 unspecified atom stereocenters. The zero-order valence-electron chi connectivity index (χ0n) is 13.6. The fourth-order valence-electron chi connectivity index (χ4n) is 3.24. The van der Waals surface area contributed by atoms with E-state index < -0.39 is 0 Å². The summed E-state index contributed by atoms with van der Waals surface area (Å²) in [5, 5.41) is 6.01. The molecule has 0 aliphatic carbocycles. The van der Waals surface area contributed by atoms with E-state index in [4.69, 9.17) is 0 Å². The topological polar surface area (TPSA) is 15.3 Å². The lowest BCUT2D eigenvalue weighted by Gasteiger charge is -2.46. The summed E-state index contributed by atoms with van der Waals surface area (Å²) in [5.74, 6) is 0. The van der Waals surface area contributed by atoms with Gasteiger partial charge in [0.2, 0.25) is 0 Å². The van der Waals surface area contributed by atoms with E-state index in [1.807, 2.05) is 11.3 Å². The third-order valence-electron chi connectivity index (χ3n) is 4.69. The second kappa shape index (κ2) is 8.09. The summed E-state index contributed by atoms with van der Waals surface area (Å²) < 4.78 is 1.22. The van der Waals surface area contributed by atoms with Crippen molar-refractivity contribution in [2.24, 2.45) is 0 Å². The number of piperidine rings is 1. The highest BCUT2D eigenvalue weighted by molar-refractivity contribution is 9.10. The van der Waals surface area contributed by atoms with Crippen LogP contribution in [0.25, 0.3) is 0 Å². The van der Waals surface area contributed by atoms with Crippen LogP contribution in [0.4, 0.5) is 0 Å².